The van der Waals surface area contributed by atoms with Crippen LogP contribution < -0.4 is 10.5 Å². The molecule has 0 aliphatic heterocycles. The topological polar surface area (TPSA) is 35.2 Å². The Labute approximate surface area is 143 Å². The van der Waals surface area contributed by atoms with Crippen LogP contribution in [0.1, 0.15) is 25.0 Å². The zero-order valence-electron chi connectivity index (χ0n) is 11.5. The molecule has 2 N–H and O–H groups in total. The van der Waals surface area contributed by atoms with E-state index in [-0.39, 0.29) is 12.1 Å². The van der Waals surface area contributed by atoms with Gasteiger partial charge < -0.3 is 10.5 Å². The van der Waals surface area contributed by atoms with Gasteiger partial charge >= 0.3 is 0 Å². The van der Waals surface area contributed by atoms with Crippen molar-refractivity contribution in [2.75, 3.05) is 0 Å². The summed E-state index contributed by atoms with van der Waals surface area (Å²) >= 11 is 15.4. The lowest BCUT2D eigenvalue weighted by Gasteiger charge is -2.25. The van der Waals surface area contributed by atoms with Crippen LogP contribution in [0, 0.1) is 0 Å². The highest BCUT2D eigenvalue weighted by molar-refractivity contribution is 9.10. The van der Waals surface area contributed by atoms with Gasteiger partial charge in [-0.25, -0.2) is 0 Å². The van der Waals surface area contributed by atoms with Crippen molar-refractivity contribution in [2.24, 2.45) is 5.73 Å². The minimum Gasteiger partial charge on any atom is -0.483 e. The summed E-state index contributed by atoms with van der Waals surface area (Å²) < 4.78 is 6.91. The summed E-state index contributed by atoms with van der Waals surface area (Å²) in [7, 11) is 0. The second-order valence-electron chi connectivity index (χ2n) is 4.74. The van der Waals surface area contributed by atoms with Crippen LogP contribution in [0.25, 0.3) is 0 Å². The molecule has 2 atom stereocenters. The average molecular weight is 389 g/mol. The molecule has 0 saturated heterocycles. The highest BCUT2D eigenvalue weighted by atomic mass is 79.9. The molecule has 0 bridgehead atoms. The minimum absolute atomic E-state index is 0.117. The van der Waals surface area contributed by atoms with Crippen LogP contribution in [0.5, 0.6) is 5.75 Å². The van der Waals surface area contributed by atoms with Gasteiger partial charge in [-0.1, -0.05) is 42.3 Å². The number of rotatable bonds is 5. The quantitative estimate of drug-likeness (QED) is 0.721. The second kappa shape index (κ2) is 7.50. The SMILES string of the molecule is CCC(N)C(Oc1ccc(Cl)cc1Br)c1ccc(Cl)cc1. The smallest absolute Gasteiger partial charge is 0.139 e. The lowest BCUT2D eigenvalue weighted by atomic mass is 10.0. The summed E-state index contributed by atoms with van der Waals surface area (Å²) in [4.78, 5) is 0. The molecule has 0 saturated carbocycles. The Morgan fingerprint density at radius 2 is 1.71 bits per heavy atom. The van der Waals surface area contributed by atoms with Crippen molar-refractivity contribution in [1.82, 2.24) is 0 Å². The molecule has 0 aliphatic rings. The first-order chi connectivity index (χ1) is 10.0. The van der Waals surface area contributed by atoms with Crippen LogP contribution in [-0.4, -0.2) is 6.04 Å². The molecule has 5 heteroatoms. The summed E-state index contributed by atoms with van der Waals surface area (Å²) in [6.45, 7) is 2.04. The van der Waals surface area contributed by atoms with Crippen molar-refractivity contribution in [1.29, 1.82) is 0 Å². The Morgan fingerprint density at radius 1 is 1.10 bits per heavy atom. The van der Waals surface area contributed by atoms with Crippen molar-refractivity contribution in [3.63, 3.8) is 0 Å². The van der Waals surface area contributed by atoms with E-state index in [9.17, 15) is 0 Å². The second-order valence-corrected chi connectivity index (χ2v) is 6.46. The van der Waals surface area contributed by atoms with Crippen LogP contribution in [0.3, 0.4) is 0 Å². The number of nitrogens with two attached hydrogens (primary N) is 1. The Morgan fingerprint density at radius 3 is 2.29 bits per heavy atom. The normalized spacial score (nSPS) is 13.8. The average Bonchev–Trinajstić information content (AvgIpc) is 2.47. The van der Waals surface area contributed by atoms with E-state index in [1.165, 1.54) is 0 Å². The fraction of sp³-hybridized carbons (Fsp3) is 0.250. The summed E-state index contributed by atoms with van der Waals surface area (Å²) in [6, 6.07) is 12.9. The first kappa shape index (κ1) is 16.6. The van der Waals surface area contributed by atoms with E-state index in [1.807, 2.05) is 37.3 Å². The Hall–Kier alpha value is -0.740. The Bertz CT molecular complexity index is 604. The zero-order valence-corrected chi connectivity index (χ0v) is 14.6. The van der Waals surface area contributed by atoms with Gasteiger partial charge in [-0.2, -0.15) is 0 Å². The lowest BCUT2D eigenvalue weighted by Crippen LogP contribution is -2.31. The number of hydrogen-bond acceptors (Lipinski definition) is 2. The van der Waals surface area contributed by atoms with Crippen LogP contribution in [-0.2, 0) is 0 Å². The van der Waals surface area contributed by atoms with E-state index in [2.05, 4.69) is 15.9 Å². The molecule has 2 nitrogen and oxygen atoms in total. The molecule has 0 fully saturated rings. The minimum atomic E-state index is -0.246. The van der Waals surface area contributed by atoms with Gasteiger partial charge in [0.15, 0.2) is 0 Å². The van der Waals surface area contributed by atoms with Gasteiger partial charge in [0.1, 0.15) is 11.9 Å². The third-order valence-electron chi connectivity index (χ3n) is 3.21. The number of halogens is 3. The maximum atomic E-state index is 6.22. The van der Waals surface area contributed by atoms with Crippen molar-refractivity contribution < 1.29 is 4.74 Å². The molecule has 2 aromatic rings. The van der Waals surface area contributed by atoms with E-state index in [4.69, 9.17) is 33.7 Å². The Kier molecular flexibility index (Phi) is 5.94. The summed E-state index contributed by atoms with van der Waals surface area (Å²) in [6.07, 6.45) is 0.558. The zero-order chi connectivity index (χ0) is 15.4. The van der Waals surface area contributed by atoms with Crippen LogP contribution in [0.2, 0.25) is 10.0 Å². The molecular formula is C16H16BrCl2NO. The molecule has 2 unspecified atom stereocenters. The molecule has 112 valence electrons. The third-order valence-corrected chi connectivity index (χ3v) is 4.31. The van der Waals surface area contributed by atoms with E-state index in [1.54, 1.807) is 12.1 Å². The van der Waals surface area contributed by atoms with Crippen LogP contribution in [0.15, 0.2) is 46.9 Å². The van der Waals surface area contributed by atoms with Crippen LogP contribution >= 0.6 is 39.1 Å². The molecule has 0 spiro atoms. The van der Waals surface area contributed by atoms with Gasteiger partial charge in [0.05, 0.1) is 4.47 Å². The highest BCUT2D eigenvalue weighted by Gasteiger charge is 2.21. The fourth-order valence-electron chi connectivity index (χ4n) is 1.98. The molecule has 0 amide bonds. The van der Waals surface area contributed by atoms with Gasteiger partial charge in [-0.05, 0) is 58.2 Å². The molecule has 2 rings (SSSR count). The van der Waals surface area contributed by atoms with E-state index in [0.29, 0.717) is 15.8 Å². The van der Waals surface area contributed by atoms with Gasteiger partial charge in [0, 0.05) is 16.1 Å². The number of ether oxygens (including phenoxy) is 1. The highest BCUT2D eigenvalue weighted by Crippen LogP contribution is 2.33. The maximum absolute atomic E-state index is 6.22. The van der Waals surface area contributed by atoms with E-state index >= 15 is 0 Å². The van der Waals surface area contributed by atoms with Gasteiger partial charge in [-0.15, -0.1) is 0 Å². The monoisotopic (exact) mass is 387 g/mol. The number of hydrogen-bond donors (Lipinski definition) is 1. The van der Waals surface area contributed by atoms with E-state index in [0.717, 1.165) is 16.5 Å². The van der Waals surface area contributed by atoms with Crippen molar-refractivity contribution >= 4 is 39.1 Å². The molecule has 21 heavy (non-hydrogen) atoms. The summed E-state index contributed by atoms with van der Waals surface area (Å²) in [5, 5.41) is 1.34. The fourth-order valence-corrected chi connectivity index (χ4v) is 2.88. The van der Waals surface area contributed by atoms with Gasteiger partial charge in [0.25, 0.3) is 0 Å². The molecular weight excluding hydrogens is 373 g/mol. The predicted octanol–water partition coefficient (Wildman–Crippen LogP) is 5.61. The standard InChI is InChI=1S/C16H16BrCl2NO/c1-2-14(20)16(10-3-5-11(18)6-4-10)21-15-8-7-12(19)9-13(15)17/h3-9,14,16H,2,20H2,1H3. The molecule has 2 aromatic carbocycles. The molecule has 0 radical (unpaired) electrons. The van der Waals surface area contributed by atoms with Crippen molar-refractivity contribution in [3.05, 3.63) is 62.5 Å². The first-order valence-electron chi connectivity index (χ1n) is 6.64. The van der Waals surface area contributed by atoms with Crippen molar-refractivity contribution in [3.8, 4) is 5.75 Å². The maximum Gasteiger partial charge on any atom is 0.139 e. The first-order valence-corrected chi connectivity index (χ1v) is 8.19. The summed E-state index contributed by atoms with van der Waals surface area (Å²) in [5.74, 6) is 0.711. The predicted molar refractivity (Wildman–Crippen MR) is 92.2 cm³/mol. The third kappa shape index (κ3) is 4.36. The summed E-state index contributed by atoms with van der Waals surface area (Å²) in [5.41, 5.74) is 7.21. The van der Waals surface area contributed by atoms with Gasteiger partial charge in [-0.3, -0.25) is 0 Å². The largest absolute Gasteiger partial charge is 0.483 e. The Balaban J connectivity index is 2.30. The van der Waals surface area contributed by atoms with Crippen LogP contribution in [0.4, 0.5) is 0 Å². The molecule has 0 aliphatic carbocycles. The molecule has 0 aromatic heterocycles. The number of benzene rings is 2. The van der Waals surface area contributed by atoms with Gasteiger partial charge in [0.2, 0.25) is 0 Å². The molecule has 0 heterocycles. The van der Waals surface area contributed by atoms with Crippen molar-refractivity contribution in [2.45, 2.75) is 25.5 Å². The lowest BCUT2D eigenvalue weighted by molar-refractivity contribution is 0.170. The van der Waals surface area contributed by atoms with E-state index < -0.39 is 0 Å².